The van der Waals surface area contributed by atoms with Gasteiger partial charge < -0.3 is 9.88 Å². The fourth-order valence-electron chi connectivity index (χ4n) is 1.34. The van der Waals surface area contributed by atoms with Crippen LogP contribution in [-0.4, -0.2) is 16.1 Å². The highest BCUT2D eigenvalue weighted by Crippen LogP contribution is 2.08. The molecule has 0 bridgehead atoms. The lowest BCUT2D eigenvalue weighted by Gasteiger charge is -2.06. The minimum absolute atomic E-state index is 1.00. The normalized spacial score (nSPS) is 10.4. The SMILES string of the molecule is CCCNc1nc(C)cn1CCC. The molecule has 74 valence electrons. The monoisotopic (exact) mass is 181 g/mol. The molecule has 1 aromatic rings. The fourth-order valence-corrected chi connectivity index (χ4v) is 1.34. The molecule has 1 aromatic heterocycles. The van der Waals surface area contributed by atoms with Crippen LogP contribution in [0.5, 0.6) is 0 Å². The number of imidazole rings is 1. The average Bonchev–Trinajstić information content (AvgIpc) is 2.44. The zero-order valence-corrected chi connectivity index (χ0v) is 8.80. The molecule has 0 atom stereocenters. The van der Waals surface area contributed by atoms with Crippen LogP contribution in [0.25, 0.3) is 0 Å². The number of hydrogen-bond acceptors (Lipinski definition) is 2. The first kappa shape index (κ1) is 10.1. The molecule has 1 N–H and O–H groups in total. The van der Waals surface area contributed by atoms with E-state index in [9.17, 15) is 0 Å². The Kier molecular flexibility index (Phi) is 3.80. The number of rotatable bonds is 5. The summed E-state index contributed by atoms with van der Waals surface area (Å²) in [6.07, 6.45) is 4.39. The Balaban J connectivity index is 2.66. The molecular weight excluding hydrogens is 162 g/mol. The van der Waals surface area contributed by atoms with Crippen LogP contribution in [0.3, 0.4) is 0 Å². The molecule has 0 aromatic carbocycles. The van der Waals surface area contributed by atoms with E-state index in [1.165, 1.54) is 0 Å². The maximum atomic E-state index is 4.42. The number of nitrogens with one attached hydrogen (secondary N) is 1. The zero-order valence-electron chi connectivity index (χ0n) is 8.80. The summed E-state index contributed by atoms with van der Waals surface area (Å²) in [5.74, 6) is 1.02. The predicted molar refractivity (Wildman–Crippen MR) is 56.0 cm³/mol. The minimum atomic E-state index is 1.00. The molecule has 1 rings (SSSR count). The molecule has 3 heteroatoms. The maximum absolute atomic E-state index is 4.42. The van der Waals surface area contributed by atoms with Crippen LogP contribution in [-0.2, 0) is 6.54 Å². The van der Waals surface area contributed by atoms with Gasteiger partial charge in [-0.1, -0.05) is 13.8 Å². The Morgan fingerprint density at radius 3 is 2.77 bits per heavy atom. The predicted octanol–water partition coefficient (Wildman–Crippen LogP) is 2.42. The Labute approximate surface area is 80.2 Å². The third-order valence-electron chi connectivity index (χ3n) is 1.89. The number of aromatic nitrogens is 2. The zero-order chi connectivity index (χ0) is 9.68. The van der Waals surface area contributed by atoms with Crippen molar-refractivity contribution in [2.45, 2.75) is 40.2 Å². The van der Waals surface area contributed by atoms with E-state index in [1.54, 1.807) is 0 Å². The van der Waals surface area contributed by atoms with Gasteiger partial charge in [-0.2, -0.15) is 0 Å². The van der Waals surface area contributed by atoms with Gasteiger partial charge in [0.15, 0.2) is 0 Å². The number of nitrogens with zero attached hydrogens (tertiary/aromatic N) is 2. The van der Waals surface area contributed by atoms with E-state index in [4.69, 9.17) is 0 Å². The van der Waals surface area contributed by atoms with Gasteiger partial charge in [-0.05, 0) is 19.8 Å². The van der Waals surface area contributed by atoms with Crippen molar-refractivity contribution in [3.05, 3.63) is 11.9 Å². The molecule has 0 aliphatic rings. The lowest BCUT2D eigenvalue weighted by molar-refractivity contribution is 0.681. The highest BCUT2D eigenvalue weighted by molar-refractivity contribution is 5.28. The van der Waals surface area contributed by atoms with E-state index in [0.29, 0.717) is 0 Å². The van der Waals surface area contributed by atoms with Crippen molar-refractivity contribution in [2.75, 3.05) is 11.9 Å². The third-order valence-corrected chi connectivity index (χ3v) is 1.89. The van der Waals surface area contributed by atoms with Crippen LogP contribution in [0.4, 0.5) is 5.95 Å². The van der Waals surface area contributed by atoms with Gasteiger partial charge in [-0.3, -0.25) is 0 Å². The van der Waals surface area contributed by atoms with Crippen molar-refractivity contribution in [3.8, 4) is 0 Å². The van der Waals surface area contributed by atoms with Crippen LogP contribution in [0.15, 0.2) is 6.20 Å². The molecule has 0 spiro atoms. The van der Waals surface area contributed by atoms with Crippen LogP contribution in [0, 0.1) is 6.92 Å². The molecule has 0 aliphatic carbocycles. The molecule has 1 heterocycles. The summed E-state index contributed by atoms with van der Waals surface area (Å²) in [4.78, 5) is 4.42. The van der Waals surface area contributed by atoms with Crippen molar-refractivity contribution in [1.82, 2.24) is 9.55 Å². The van der Waals surface area contributed by atoms with E-state index < -0.39 is 0 Å². The minimum Gasteiger partial charge on any atom is -0.356 e. The van der Waals surface area contributed by atoms with Gasteiger partial charge in [0.25, 0.3) is 0 Å². The van der Waals surface area contributed by atoms with Crippen molar-refractivity contribution in [2.24, 2.45) is 0 Å². The molecule has 3 nitrogen and oxygen atoms in total. The molecule has 0 aliphatic heterocycles. The largest absolute Gasteiger partial charge is 0.356 e. The molecule has 0 amide bonds. The summed E-state index contributed by atoms with van der Waals surface area (Å²) in [6, 6.07) is 0. The Bertz CT molecular complexity index is 253. The highest BCUT2D eigenvalue weighted by Gasteiger charge is 2.02. The first-order chi connectivity index (χ1) is 6.27. The summed E-state index contributed by atoms with van der Waals surface area (Å²) in [5.41, 5.74) is 1.09. The van der Waals surface area contributed by atoms with Crippen molar-refractivity contribution < 1.29 is 0 Å². The molecule has 0 radical (unpaired) electrons. The van der Waals surface area contributed by atoms with E-state index in [-0.39, 0.29) is 0 Å². The molecule has 0 unspecified atom stereocenters. The van der Waals surface area contributed by atoms with Gasteiger partial charge in [0, 0.05) is 19.3 Å². The second-order valence-corrected chi connectivity index (χ2v) is 3.33. The van der Waals surface area contributed by atoms with Gasteiger partial charge in [0.05, 0.1) is 5.69 Å². The summed E-state index contributed by atoms with van der Waals surface area (Å²) < 4.78 is 2.19. The van der Waals surface area contributed by atoms with Crippen LogP contribution in [0.1, 0.15) is 32.4 Å². The van der Waals surface area contributed by atoms with Gasteiger partial charge in [-0.25, -0.2) is 4.98 Å². The molecular formula is C10H19N3. The Hall–Kier alpha value is -0.990. The van der Waals surface area contributed by atoms with E-state index >= 15 is 0 Å². The van der Waals surface area contributed by atoms with Gasteiger partial charge in [0.2, 0.25) is 5.95 Å². The summed E-state index contributed by atoms with van der Waals surface area (Å²) in [5, 5.41) is 3.32. The first-order valence-electron chi connectivity index (χ1n) is 5.05. The van der Waals surface area contributed by atoms with Gasteiger partial charge in [-0.15, -0.1) is 0 Å². The lowest BCUT2D eigenvalue weighted by Crippen LogP contribution is -2.07. The fraction of sp³-hybridized carbons (Fsp3) is 0.700. The van der Waals surface area contributed by atoms with Crippen LogP contribution >= 0.6 is 0 Å². The van der Waals surface area contributed by atoms with Crippen LogP contribution < -0.4 is 5.32 Å². The standard InChI is InChI=1S/C10H19N3/c1-4-6-11-10-12-9(3)8-13(10)7-5-2/h8H,4-7H2,1-3H3,(H,11,12). The summed E-state index contributed by atoms with van der Waals surface area (Å²) in [6.45, 7) is 8.42. The quantitative estimate of drug-likeness (QED) is 0.756. The first-order valence-corrected chi connectivity index (χ1v) is 5.05. The average molecular weight is 181 g/mol. The Morgan fingerprint density at radius 2 is 2.15 bits per heavy atom. The third kappa shape index (κ3) is 2.76. The highest BCUT2D eigenvalue weighted by atomic mass is 15.2. The van der Waals surface area contributed by atoms with E-state index in [0.717, 1.165) is 37.6 Å². The smallest absolute Gasteiger partial charge is 0.203 e. The molecule has 0 saturated heterocycles. The summed E-state index contributed by atoms with van der Waals surface area (Å²) >= 11 is 0. The van der Waals surface area contributed by atoms with Crippen molar-refractivity contribution >= 4 is 5.95 Å². The topological polar surface area (TPSA) is 29.9 Å². The second-order valence-electron chi connectivity index (χ2n) is 3.33. The molecule has 0 saturated carbocycles. The van der Waals surface area contributed by atoms with E-state index in [1.807, 2.05) is 6.92 Å². The van der Waals surface area contributed by atoms with Crippen molar-refractivity contribution in [3.63, 3.8) is 0 Å². The number of anilines is 1. The molecule has 0 fully saturated rings. The van der Waals surface area contributed by atoms with E-state index in [2.05, 4.69) is 34.9 Å². The van der Waals surface area contributed by atoms with Crippen LogP contribution in [0.2, 0.25) is 0 Å². The maximum Gasteiger partial charge on any atom is 0.203 e. The lowest BCUT2D eigenvalue weighted by atomic mass is 10.4. The van der Waals surface area contributed by atoms with Crippen molar-refractivity contribution in [1.29, 1.82) is 0 Å². The van der Waals surface area contributed by atoms with Gasteiger partial charge in [0.1, 0.15) is 0 Å². The number of hydrogen-bond donors (Lipinski definition) is 1. The number of aryl methyl sites for hydroxylation is 2. The van der Waals surface area contributed by atoms with Gasteiger partial charge >= 0.3 is 0 Å². The summed E-state index contributed by atoms with van der Waals surface area (Å²) in [7, 11) is 0. The Morgan fingerprint density at radius 1 is 1.38 bits per heavy atom. The molecule has 13 heavy (non-hydrogen) atoms. The second kappa shape index (κ2) is 4.90.